The van der Waals surface area contributed by atoms with Crippen LogP contribution >= 0.6 is 0 Å². The molecule has 4 nitrogen and oxygen atoms in total. The van der Waals surface area contributed by atoms with Gasteiger partial charge in [0.2, 0.25) is 0 Å². The van der Waals surface area contributed by atoms with E-state index in [0.717, 1.165) is 11.4 Å². The lowest BCUT2D eigenvalue weighted by atomic mass is 10.00. The minimum atomic E-state index is -0.317. The molecule has 1 N–H and O–H groups in total. The average molecular weight is 248 g/mol. The zero-order valence-corrected chi connectivity index (χ0v) is 10.8. The summed E-state index contributed by atoms with van der Waals surface area (Å²) in [5.74, 6) is 0.0193. The SMILES string of the molecule is CC(C)[C@@H](Nc1cnn(C)c1)c1ccc(F)cn1. The molecule has 2 aromatic heterocycles. The van der Waals surface area contributed by atoms with E-state index in [1.54, 1.807) is 16.9 Å². The third kappa shape index (κ3) is 2.85. The molecule has 0 aliphatic rings. The van der Waals surface area contributed by atoms with E-state index in [1.807, 2.05) is 13.2 Å². The number of pyridine rings is 1. The number of nitrogens with one attached hydrogen (secondary N) is 1. The van der Waals surface area contributed by atoms with Crippen molar-refractivity contribution in [3.8, 4) is 0 Å². The van der Waals surface area contributed by atoms with Gasteiger partial charge >= 0.3 is 0 Å². The van der Waals surface area contributed by atoms with Gasteiger partial charge in [-0.15, -0.1) is 0 Å². The zero-order valence-electron chi connectivity index (χ0n) is 10.8. The second kappa shape index (κ2) is 5.16. The molecule has 5 heteroatoms. The van der Waals surface area contributed by atoms with Crippen molar-refractivity contribution in [2.45, 2.75) is 19.9 Å². The van der Waals surface area contributed by atoms with Gasteiger partial charge in [0.05, 0.1) is 29.8 Å². The van der Waals surface area contributed by atoms with Gasteiger partial charge in [-0.1, -0.05) is 13.8 Å². The molecule has 0 saturated carbocycles. The molecule has 1 atom stereocenters. The fourth-order valence-electron chi connectivity index (χ4n) is 1.83. The number of aryl methyl sites for hydroxylation is 1. The highest BCUT2D eigenvalue weighted by atomic mass is 19.1. The second-order valence-electron chi connectivity index (χ2n) is 4.67. The van der Waals surface area contributed by atoms with Crippen molar-refractivity contribution in [3.05, 3.63) is 42.2 Å². The van der Waals surface area contributed by atoms with Crippen LogP contribution < -0.4 is 5.32 Å². The highest BCUT2D eigenvalue weighted by molar-refractivity contribution is 5.41. The normalized spacial score (nSPS) is 12.7. The largest absolute Gasteiger partial charge is 0.374 e. The Morgan fingerprint density at radius 1 is 1.28 bits per heavy atom. The van der Waals surface area contributed by atoms with E-state index >= 15 is 0 Å². The number of anilines is 1. The van der Waals surface area contributed by atoms with Crippen LogP contribution in [0, 0.1) is 11.7 Å². The van der Waals surface area contributed by atoms with Crippen molar-refractivity contribution in [1.82, 2.24) is 14.8 Å². The van der Waals surface area contributed by atoms with Gasteiger partial charge in [0.15, 0.2) is 0 Å². The van der Waals surface area contributed by atoms with Gasteiger partial charge in [-0.05, 0) is 18.1 Å². The molecule has 0 aromatic carbocycles. The minimum Gasteiger partial charge on any atom is -0.374 e. The summed E-state index contributed by atoms with van der Waals surface area (Å²) < 4.78 is 14.6. The van der Waals surface area contributed by atoms with E-state index in [2.05, 4.69) is 29.2 Å². The summed E-state index contributed by atoms with van der Waals surface area (Å²) in [4.78, 5) is 4.14. The van der Waals surface area contributed by atoms with Crippen LogP contribution in [-0.4, -0.2) is 14.8 Å². The maximum Gasteiger partial charge on any atom is 0.141 e. The first kappa shape index (κ1) is 12.5. The van der Waals surface area contributed by atoms with E-state index in [1.165, 1.54) is 12.3 Å². The van der Waals surface area contributed by atoms with Crippen molar-refractivity contribution < 1.29 is 4.39 Å². The van der Waals surface area contributed by atoms with Crippen molar-refractivity contribution >= 4 is 5.69 Å². The van der Waals surface area contributed by atoms with Crippen LogP contribution in [-0.2, 0) is 7.05 Å². The van der Waals surface area contributed by atoms with Crippen LogP contribution in [0.3, 0.4) is 0 Å². The lowest BCUT2D eigenvalue weighted by Gasteiger charge is -2.22. The Morgan fingerprint density at radius 3 is 2.56 bits per heavy atom. The predicted octanol–water partition coefficient (Wildman–Crippen LogP) is 2.76. The third-order valence-electron chi connectivity index (χ3n) is 2.76. The van der Waals surface area contributed by atoms with Crippen molar-refractivity contribution in [2.24, 2.45) is 13.0 Å². The summed E-state index contributed by atoms with van der Waals surface area (Å²) in [6.07, 6.45) is 4.91. The van der Waals surface area contributed by atoms with Crippen LogP contribution in [0.5, 0.6) is 0 Å². The Bertz CT molecular complexity index is 504. The standard InChI is InChI=1S/C13H17FN4/c1-9(2)13(12-5-4-10(14)6-15-12)17-11-7-16-18(3)8-11/h4-9,13,17H,1-3H3/t13-/m1/s1. The van der Waals surface area contributed by atoms with E-state index in [-0.39, 0.29) is 11.9 Å². The highest BCUT2D eigenvalue weighted by Crippen LogP contribution is 2.24. The fourth-order valence-corrected chi connectivity index (χ4v) is 1.83. The third-order valence-corrected chi connectivity index (χ3v) is 2.76. The zero-order chi connectivity index (χ0) is 13.1. The molecule has 0 bridgehead atoms. The molecule has 0 aliphatic carbocycles. The smallest absolute Gasteiger partial charge is 0.141 e. The molecule has 0 amide bonds. The molecule has 0 saturated heterocycles. The molecule has 0 aliphatic heterocycles. The molecule has 0 unspecified atom stereocenters. The minimum absolute atomic E-state index is 0.0369. The predicted molar refractivity (Wildman–Crippen MR) is 68.6 cm³/mol. The topological polar surface area (TPSA) is 42.7 Å². The molecule has 0 fully saturated rings. The first-order valence-corrected chi connectivity index (χ1v) is 5.93. The molecule has 0 spiro atoms. The quantitative estimate of drug-likeness (QED) is 0.904. The summed E-state index contributed by atoms with van der Waals surface area (Å²) >= 11 is 0. The Morgan fingerprint density at radius 2 is 2.06 bits per heavy atom. The van der Waals surface area contributed by atoms with Crippen LogP contribution in [0.1, 0.15) is 25.6 Å². The van der Waals surface area contributed by atoms with Gasteiger partial charge in [0.1, 0.15) is 5.82 Å². The average Bonchev–Trinajstić information content (AvgIpc) is 2.73. The van der Waals surface area contributed by atoms with Crippen molar-refractivity contribution in [1.29, 1.82) is 0 Å². The maximum absolute atomic E-state index is 12.9. The Labute approximate surface area is 106 Å². The number of aromatic nitrogens is 3. The molecule has 2 aromatic rings. The van der Waals surface area contributed by atoms with E-state index in [9.17, 15) is 4.39 Å². The first-order chi connectivity index (χ1) is 8.56. The second-order valence-corrected chi connectivity index (χ2v) is 4.67. The van der Waals surface area contributed by atoms with Gasteiger partial charge in [0.25, 0.3) is 0 Å². The van der Waals surface area contributed by atoms with Crippen LogP contribution in [0.4, 0.5) is 10.1 Å². The van der Waals surface area contributed by atoms with Gasteiger partial charge in [-0.2, -0.15) is 5.10 Å². The fraction of sp³-hybridized carbons (Fsp3) is 0.385. The monoisotopic (exact) mass is 248 g/mol. The Kier molecular flexibility index (Phi) is 3.60. The van der Waals surface area contributed by atoms with Crippen molar-refractivity contribution in [3.63, 3.8) is 0 Å². The molecule has 2 heterocycles. The highest BCUT2D eigenvalue weighted by Gasteiger charge is 2.17. The number of hydrogen-bond donors (Lipinski definition) is 1. The summed E-state index contributed by atoms with van der Waals surface area (Å²) in [7, 11) is 1.87. The lowest BCUT2D eigenvalue weighted by Crippen LogP contribution is -2.17. The van der Waals surface area contributed by atoms with E-state index in [0.29, 0.717) is 5.92 Å². The van der Waals surface area contributed by atoms with E-state index < -0.39 is 0 Å². The number of rotatable bonds is 4. The molecule has 96 valence electrons. The number of hydrogen-bond acceptors (Lipinski definition) is 3. The van der Waals surface area contributed by atoms with Gasteiger partial charge in [0, 0.05) is 13.2 Å². The summed E-state index contributed by atoms with van der Waals surface area (Å²) in [5, 5.41) is 7.48. The molecule has 0 radical (unpaired) electrons. The lowest BCUT2D eigenvalue weighted by molar-refractivity contribution is 0.530. The Balaban J connectivity index is 2.20. The van der Waals surface area contributed by atoms with Crippen molar-refractivity contribution in [2.75, 3.05) is 5.32 Å². The molecular formula is C13H17FN4. The van der Waals surface area contributed by atoms with Gasteiger partial charge in [-0.3, -0.25) is 9.67 Å². The van der Waals surface area contributed by atoms with Gasteiger partial charge < -0.3 is 5.32 Å². The molecular weight excluding hydrogens is 231 g/mol. The van der Waals surface area contributed by atoms with Crippen LogP contribution in [0.25, 0.3) is 0 Å². The van der Waals surface area contributed by atoms with Gasteiger partial charge in [-0.25, -0.2) is 4.39 Å². The number of halogens is 1. The molecule has 2 rings (SSSR count). The van der Waals surface area contributed by atoms with E-state index in [4.69, 9.17) is 0 Å². The summed E-state index contributed by atoms with van der Waals surface area (Å²) in [6, 6.07) is 3.18. The maximum atomic E-state index is 12.9. The number of nitrogens with zero attached hydrogens (tertiary/aromatic N) is 3. The summed E-state index contributed by atoms with van der Waals surface area (Å²) in [5.41, 5.74) is 1.76. The van der Waals surface area contributed by atoms with Crippen LogP contribution in [0.15, 0.2) is 30.7 Å². The Hall–Kier alpha value is -1.91. The molecule has 18 heavy (non-hydrogen) atoms. The summed E-state index contributed by atoms with van der Waals surface area (Å²) in [6.45, 7) is 4.19. The van der Waals surface area contributed by atoms with Crippen LogP contribution in [0.2, 0.25) is 0 Å². The first-order valence-electron chi connectivity index (χ1n) is 5.93.